The largest absolute Gasteiger partial charge is 0.469 e. The van der Waals surface area contributed by atoms with E-state index in [0.717, 1.165) is 11.1 Å². The lowest BCUT2D eigenvalue weighted by Gasteiger charge is -2.24. The third kappa shape index (κ3) is 4.61. The predicted octanol–water partition coefficient (Wildman–Crippen LogP) is 1.51. The second-order valence-electron chi connectivity index (χ2n) is 4.52. The molecule has 0 spiro atoms. The van der Waals surface area contributed by atoms with Gasteiger partial charge in [-0.1, -0.05) is 36.5 Å². The van der Waals surface area contributed by atoms with Crippen molar-refractivity contribution < 1.29 is 9.53 Å². The Morgan fingerprint density at radius 1 is 1.42 bits per heavy atom. The molecule has 1 aromatic rings. The average molecular weight is 280 g/mol. The molecule has 104 valence electrons. The Bertz CT molecular complexity index is 463. The van der Waals surface area contributed by atoms with E-state index >= 15 is 0 Å². The third-order valence-electron chi connectivity index (χ3n) is 3.17. The zero-order valence-corrected chi connectivity index (χ0v) is 12.4. The van der Waals surface area contributed by atoms with Crippen molar-refractivity contribution in [3.05, 3.63) is 35.4 Å². The molecular weight excluding hydrogens is 260 g/mol. The summed E-state index contributed by atoms with van der Waals surface area (Å²) in [6.07, 6.45) is 0.280. The fourth-order valence-electron chi connectivity index (χ4n) is 1.73. The molecule has 0 aliphatic carbocycles. The van der Waals surface area contributed by atoms with Crippen LogP contribution in [0.2, 0.25) is 0 Å². The number of benzene rings is 1. The number of methoxy groups -OCH3 is 1. The number of nitrogens with zero attached hydrogens (tertiary/aromatic N) is 1. The minimum atomic E-state index is -0.238. The van der Waals surface area contributed by atoms with Gasteiger partial charge in [0.1, 0.15) is 0 Å². The van der Waals surface area contributed by atoms with Crippen LogP contribution in [0.5, 0.6) is 0 Å². The summed E-state index contributed by atoms with van der Waals surface area (Å²) in [5.74, 6) is -0.238. The molecule has 0 bridgehead atoms. The highest BCUT2D eigenvalue weighted by Gasteiger charge is 2.14. The highest BCUT2D eigenvalue weighted by atomic mass is 32.1. The maximum Gasteiger partial charge on any atom is 0.309 e. The van der Waals surface area contributed by atoms with E-state index in [1.165, 1.54) is 7.11 Å². The number of hydrogen-bond donors (Lipinski definition) is 1. The minimum Gasteiger partial charge on any atom is -0.469 e. The molecule has 1 atom stereocenters. The van der Waals surface area contributed by atoms with Gasteiger partial charge < -0.3 is 10.5 Å². The van der Waals surface area contributed by atoms with Gasteiger partial charge in [0, 0.05) is 6.54 Å². The number of carbonyl (C=O) groups is 1. The van der Waals surface area contributed by atoms with Gasteiger partial charge >= 0.3 is 5.97 Å². The lowest BCUT2D eigenvalue weighted by molar-refractivity contribution is -0.139. The van der Waals surface area contributed by atoms with E-state index in [-0.39, 0.29) is 18.4 Å². The Labute approximate surface area is 119 Å². The molecule has 0 amide bonds. The summed E-state index contributed by atoms with van der Waals surface area (Å²) < 4.78 is 4.71. The average Bonchev–Trinajstić information content (AvgIpc) is 2.39. The molecule has 2 N–H and O–H groups in total. The first-order valence-corrected chi connectivity index (χ1v) is 6.49. The second kappa shape index (κ2) is 7.21. The van der Waals surface area contributed by atoms with E-state index in [4.69, 9.17) is 22.7 Å². The number of likely N-dealkylation sites (N-methyl/N-ethyl adjacent to an activating group) is 1. The Balaban J connectivity index is 2.83. The van der Waals surface area contributed by atoms with Crippen LogP contribution in [-0.2, 0) is 22.5 Å². The van der Waals surface area contributed by atoms with Crippen molar-refractivity contribution in [1.29, 1.82) is 0 Å². The van der Waals surface area contributed by atoms with Crippen molar-refractivity contribution in [2.24, 2.45) is 5.73 Å². The molecule has 0 aromatic heterocycles. The van der Waals surface area contributed by atoms with Gasteiger partial charge in [-0.25, -0.2) is 0 Å². The summed E-state index contributed by atoms with van der Waals surface area (Å²) in [7, 11) is 3.35. The van der Waals surface area contributed by atoms with E-state index in [2.05, 4.69) is 4.90 Å². The molecule has 0 saturated carbocycles. The number of ether oxygens (including phenoxy) is 1. The van der Waals surface area contributed by atoms with Gasteiger partial charge in [-0.05, 0) is 25.1 Å². The molecule has 1 rings (SSSR count). The van der Waals surface area contributed by atoms with Crippen LogP contribution in [0.4, 0.5) is 0 Å². The first-order valence-electron chi connectivity index (χ1n) is 6.08. The van der Waals surface area contributed by atoms with E-state index in [0.29, 0.717) is 11.5 Å². The topological polar surface area (TPSA) is 55.6 Å². The van der Waals surface area contributed by atoms with Gasteiger partial charge in [-0.2, -0.15) is 0 Å². The molecule has 1 unspecified atom stereocenters. The highest BCUT2D eigenvalue weighted by Crippen LogP contribution is 2.14. The highest BCUT2D eigenvalue weighted by molar-refractivity contribution is 7.80. The SMILES string of the molecule is COC(=O)Cc1ccccc1CN(C)C(C)C(N)=S. The molecular formula is C14H20N2O2S. The van der Waals surface area contributed by atoms with Crippen LogP contribution >= 0.6 is 12.2 Å². The van der Waals surface area contributed by atoms with Crippen LogP contribution in [0.25, 0.3) is 0 Å². The summed E-state index contributed by atoms with van der Waals surface area (Å²) >= 11 is 4.99. The number of esters is 1. The lowest BCUT2D eigenvalue weighted by Crippen LogP contribution is -2.38. The fraction of sp³-hybridized carbons (Fsp3) is 0.429. The van der Waals surface area contributed by atoms with Crippen LogP contribution in [0.1, 0.15) is 18.1 Å². The number of thiocarbonyl (C=S) groups is 1. The molecule has 1 aromatic carbocycles. The maximum absolute atomic E-state index is 11.4. The summed E-state index contributed by atoms with van der Waals surface area (Å²) in [4.78, 5) is 13.9. The Kier molecular flexibility index (Phi) is 5.92. The van der Waals surface area contributed by atoms with E-state index < -0.39 is 0 Å². The second-order valence-corrected chi connectivity index (χ2v) is 4.99. The van der Waals surface area contributed by atoms with Crippen molar-refractivity contribution in [2.45, 2.75) is 25.9 Å². The molecule has 0 radical (unpaired) electrons. The van der Waals surface area contributed by atoms with Gasteiger partial charge in [0.05, 0.1) is 24.6 Å². The van der Waals surface area contributed by atoms with Gasteiger partial charge in [0.15, 0.2) is 0 Å². The summed E-state index contributed by atoms with van der Waals surface area (Å²) in [5.41, 5.74) is 7.70. The molecule has 19 heavy (non-hydrogen) atoms. The van der Waals surface area contributed by atoms with Crippen LogP contribution in [-0.4, -0.2) is 36.1 Å². The number of hydrogen-bond acceptors (Lipinski definition) is 4. The van der Waals surface area contributed by atoms with E-state index in [9.17, 15) is 4.79 Å². The van der Waals surface area contributed by atoms with Gasteiger partial charge in [0.25, 0.3) is 0 Å². The smallest absolute Gasteiger partial charge is 0.309 e. The third-order valence-corrected chi connectivity index (χ3v) is 3.51. The standard InChI is InChI=1S/C14H20N2O2S/c1-10(14(15)19)16(2)9-12-7-5-4-6-11(12)8-13(17)18-3/h4-7,10H,8-9H2,1-3H3,(H2,15,19). The Morgan fingerprint density at radius 3 is 2.53 bits per heavy atom. The predicted molar refractivity (Wildman–Crippen MR) is 79.9 cm³/mol. The number of nitrogens with two attached hydrogens (primary N) is 1. The van der Waals surface area contributed by atoms with Crippen molar-refractivity contribution in [2.75, 3.05) is 14.2 Å². The quantitative estimate of drug-likeness (QED) is 0.632. The molecule has 0 aliphatic heterocycles. The monoisotopic (exact) mass is 280 g/mol. The first kappa shape index (κ1) is 15.6. The van der Waals surface area contributed by atoms with Crippen molar-refractivity contribution in [3.8, 4) is 0 Å². The summed E-state index contributed by atoms with van der Waals surface area (Å²) in [5, 5.41) is 0. The molecule has 4 nitrogen and oxygen atoms in total. The van der Waals surface area contributed by atoms with Crippen LogP contribution < -0.4 is 5.73 Å². The number of carbonyl (C=O) groups excluding carboxylic acids is 1. The van der Waals surface area contributed by atoms with Gasteiger partial charge in [-0.3, -0.25) is 9.69 Å². The van der Waals surface area contributed by atoms with E-state index in [1.54, 1.807) is 0 Å². The van der Waals surface area contributed by atoms with Gasteiger partial charge in [0.2, 0.25) is 0 Å². The Morgan fingerprint density at radius 2 is 2.00 bits per heavy atom. The fourth-order valence-corrected chi connectivity index (χ4v) is 1.91. The molecule has 0 aliphatic rings. The van der Waals surface area contributed by atoms with Crippen LogP contribution in [0.3, 0.4) is 0 Å². The van der Waals surface area contributed by atoms with E-state index in [1.807, 2.05) is 38.2 Å². The Hall–Kier alpha value is -1.46. The maximum atomic E-state index is 11.4. The summed E-state index contributed by atoms with van der Waals surface area (Å²) in [6, 6.07) is 7.82. The summed E-state index contributed by atoms with van der Waals surface area (Å²) in [6.45, 7) is 2.65. The molecule has 0 heterocycles. The lowest BCUT2D eigenvalue weighted by atomic mass is 10.0. The molecule has 0 fully saturated rings. The minimum absolute atomic E-state index is 0.0150. The van der Waals surface area contributed by atoms with Crippen LogP contribution in [0, 0.1) is 0 Å². The van der Waals surface area contributed by atoms with Crippen LogP contribution in [0.15, 0.2) is 24.3 Å². The van der Waals surface area contributed by atoms with Gasteiger partial charge in [-0.15, -0.1) is 0 Å². The molecule has 0 saturated heterocycles. The number of rotatable bonds is 6. The zero-order valence-electron chi connectivity index (χ0n) is 11.6. The normalized spacial score (nSPS) is 12.2. The van der Waals surface area contributed by atoms with Crippen molar-refractivity contribution >= 4 is 23.2 Å². The zero-order chi connectivity index (χ0) is 14.4. The van der Waals surface area contributed by atoms with Crippen molar-refractivity contribution in [3.63, 3.8) is 0 Å². The first-order chi connectivity index (χ1) is 8.95. The molecule has 5 heteroatoms. The van der Waals surface area contributed by atoms with Crippen molar-refractivity contribution in [1.82, 2.24) is 4.90 Å².